The van der Waals surface area contributed by atoms with Gasteiger partial charge in [0.25, 0.3) is 10.1 Å². The summed E-state index contributed by atoms with van der Waals surface area (Å²) in [5, 5.41) is 2.47. The zero-order chi connectivity index (χ0) is 12.8. The molecule has 96 valence electrons. The van der Waals surface area contributed by atoms with Crippen LogP contribution < -0.4 is 5.32 Å². The van der Waals surface area contributed by atoms with Gasteiger partial charge in [-0.05, 0) is 20.3 Å². The predicted octanol–water partition coefficient (Wildman–Crippen LogP) is 0.876. The van der Waals surface area contributed by atoms with Gasteiger partial charge in [-0.1, -0.05) is 6.92 Å². The fourth-order valence-electron chi connectivity index (χ4n) is 0.769. The van der Waals surface area contributed by atoms with Crippen LogP contribution in [0.4, 0.5) is 4.79 Å². The Balaban J connectivity index is 3.87. The summed E-state index contributed by atoms with van der Waals surface area (Å²) >= 11 is 0. The topological polar surface area (TPSA) is 81.7 Å². The molecule has 16 heavy (non-hydrogen) atoms. The Morgan fingerprint density at radius 3 is 2.38 bits per heavy atom. The van der Waals surface area contributed by atoms with Gasteiger partial charge < -0.3 is 10.1 Å². The molecule has 1 N–H and O–H groups in total. The molecule has 1 amide bonds. The smallest absolute Gasteiger partial charge is 0.407 e. The molecule has 0 rings (SSSR count). The van der Waals surface area contributed by atoms with Crippen LogP contribution in [-0.4, -0.2) is 39.5 Å². The van der Waals surface area contributed by atoms with Gasteiger partial charge in [0.2, 0.25) is 0 Å². The van der Waals surface area contributed by atoms with E-state index in [1.54, 1.807) is 13.8 Å². The van der Waals surface area contributed by atoms with Crippen LogP contribution in [0.25, 0.3) is 0 Å². The Bertz CT molecular complexity index is 314. The summed E-state index contributed by atoms with van der Waals surface area (Å²) in [6.07, 6.45) is 0.945. The molecule has 0 aliphatic heterocycles. The zero-order valence-corrected chi connectivity index (χ0v) is 10.8. The number of alkyl carbamates (subject to hydrolysis) is 1. The molecule has 6 nitrogen and oxygen atoms in total. The number of rotatable bonds is 6. The molecule has 0 aliphatic carbocycles. The first-order chi connectivity index (χ1) is 7.24. The maximum absolute atomic E-state index is 11.2. The number of hydrogen-bond donors (Lipinski definition) is 1. The van der Waals surface area contributed by atoms with Crippen LogP contribution in [0.1, 0.15) is 27.2 Å². The van der Waals surface area contributed by atoms with E-state index < -0.39 is 22.3 Å². The van der Waals surface area contributed by atoms with Crippen molar-refractivity contribution in [3.05, 3.63) is 0 Å². The highest BCUT2D eigenvalue weighted by molar-refractivity contribution is 7.85. The van der Waals surface area contributed by atoms with Gasteiger partial charge in [0, 0.05) is 0 Å². The highest BCUT2D eigenvalue weighted by atomic mass is 32.2. The summed E-state index contributed by atoms with van der Waals surface area (Å²) in [6, 6.07) is -0.425. The molecular formula is C9H19NO5S. The van der Waals surface area contributed by atoms with E-state index in [1.807, 2.05) is 6.92 Å². The summed E-state index contributed by atoms with van der Waals surface area (Å²) < 4.78 is 30.8. The van der Waals surface area contributed by atoms with Gasteiger partial charge in [-0.3, -0.25) is 4.18 Å². The largest absolute Gasteiger partial charge is 0.447 e. The Hall–Kier alpha value is -0.820. The van der Waals surface area contributed by atoms with Crippen LogP contribution in [0.15, 0.2) is 0 Å². The average Bonchev–Trinajstić information content (AvgIpc) is 2.13. The van der Waals surface area contributed by atoms with E-state index in [4.69, 9.17) is 4.74 Å². The van der Waals surface area contributed by atoms with Crippen molar-refractivity contribution in [1.82, 2.24) is 5.32 Å². The minimum absolute atomic E-state index is 0.103. The van der Waals surface area contributed by atoms with Crippen LogP contribution in [0.5, 0.6) is 0 Å². The second kappa shape index (κ2) is 6.70. The Morgan fingerprint density at radius 1 is 1.38 bits per heavy atom. The van der Waals surface area contributed by atoms with Crippen molar-refractivity contribution in [2.75, 3.05) is 12.9 Å². The molecule has 0 aliphatic rings. The number of carbonyl (C=O) groups excluding carboxylic acids is 1. The van der Waals surface area contributed by atoms with Gasteiger partial charge in [0.05, 0.1) is 18.9 Å². The number of hydrogen-bond acceptors (Lipinski definition) is 5. The first-order valence-corrected chi connectivity index (χ1v) is 6.87. The molecule has 0 aromatic heterocycles. The quantitative estimate of drug-likeness (QED) is 0.710. The normalized spacial score (nSPS) is 15.2. The van der Waals surface area contributed by atoms with E-state index in [-0.39, 0.29) is 12.7 Å². The summed E-state index contributed by atoms with van der Waals surface area (Å²) in [5.41, 5.74) is 0. The van der Waals surface area contributed by atoms with Gasteiger partial charge in [0.1, 0.15) is 6.10 Å². The SMILES string of the molecule is CCC(C)OC(=O)NC(C)COS(C)(=O)=O. The molecule has 0 aromatic rings. The predicted molar refractivity (Wildman–Crippen MR) is 59.6 cm³/mol. The van der Waals surface area contributed by atoms with Crippen molar-refractivity contribution in [3.8, 4) is 0 Å². The summed E-state index contributed by atoms with van der Waals surface area (Å²) in [4.78, 5) is 11.2. The molecule has 0 saturated heterocycles. The molecule has 2 atom stereocenters. The fourth-order valence-corrected chi connectivity index (χ4v) is 1.22. The third-order valence-corrected chi connectivity index (χ3v) is 2.34. The number of nitrogens with one attached hydrogen (secondary N) is 1. The number of amides is 1. The molecule has 0 heterocycles. The molecular weight excluding hydrogens is 234 g/mol. The van der Waals surface area contributed by atoms with E-state index >= 15 is 0 Å². The van der Waals surface area contributed by atoms with Crippen molar-refractivity contribution >= 4 is 16.2 Å². The van der Waals surface area contributed by atoms with E-state index in [1.165, 1.54) is 0 Å². The lowest BCUT2D eigenvalue weighted by Gasteiger charge is -2.16. The molecule has 0 radical (unpaired) electrons. The summed E-state index contributed by atoms with van der Waals surface area (Å²) in [6.45, 7) is 5.20. The minimum Gasteiger partial charge on any atom is -0.447 e. The summed E-state index contributed by atoms with van der Waals surface area (Å²) in [7, 11) is -3.47. The molecule has 0 fully saturated rings. The van der Waals surface area contributed by atoms with Crippen LogP contribution >= 0.6 is 0 Å². The molecule has 0 bridgehead atoms. The van der Waals surface area contributed by atoms with Crippen molar-refractivity contribution in [2.24, 2.45) is 0 Å². The van der Waals surface area contributed by atoms with Crippen molar-refractivity contribution < 1.29 is 22.1 Å². The maximum atomic E-state index is 11.2. The van der Waals surface area contributed by atoms with Gasteiger partial charge >= 0.3 is 6.09 Å². The van der Waals surface area contributed by atoms with Crippen molar-refractivity contribution in [2.45, 2.75) is 39.3 Å². The molecule has 0 spiro atoms. The molecule has 2 unspecified atom stereocenters. The lowest BCUT2D eigenvalue weighted by Crippen LogP contribution is -2.38. The van der Waals surface area contributed by atoms with Crippen LogP contribution in [0, 0.1) is 0 Å². The van der Waals surface area contributed by atoms with E-state index in [0.29, 0.717) is 0 Å². The third kappa shape index (κ3) is 8.49. The van der Waals surface area contributed by atoms with Crippen LogP contribution in [0.2, 0.25) is 0 Å². The highest BCUT2D eigenvalue weighted by Gasteiger charge is 2.13. The van der Waals surface area contributed by atoms with Crippen molar-refractivity contribution in [3.63, 3.8) is 0 Å². The summed E-state index contributed by atoms with van der Waals surface area (Å²) in [5.74, 6) is 0. The number of carbonyl (C=O) groups is 1. The van der Waals surface area contributed by atoms with Gasteiger partial charge in [-0.15, -0.1) is 0 Å². The van der Waals surface area contributed by atoms with Crippen LogP contribution in [-0.2, 0) is 19.0 Å². The number of ether oxygens (including phenoxy) is 1. The maximum Gasteiger partial charge on any atom is 0.407 e. The first kappa shape index (κ1) is 15.2. The molecule has 0 aromatic carbocycles. The Morgan fingerprint density at radius 2 is 1.94 bits per heavy atom. The van der Waals surface area contributed by atoms with Gasteiger partial charge in [-0.2, -0.15) is 8.42 Å². The standard InChI is InChI=1S/C9H19NO5S/c1-5-8(3)15-9(11)10-7(2)6-14-16(4,12)13/h7-8H,5-6H2,1-4H3,(H,10,11). The van der Waals surface area contributed by atoms with Gasteiger partial charge in [0.15, 0.2) is 0 Å². The average molecular weight is 253 g/mol. The third-order valence-electron chi connectivity index (χ3n) is 1.78. The second-order valence-corrected chi connectivity index (χ2v) is 5.30. The van der Waals surface area contributed by atoms with E-state index in [2.05, 4.69) is 9.50 Å². The fraction of sp³-hybridized carbons (Fsp3) is 0.889. The minimum atomic E-state index is -3.47. The van der Waals surface area contributed by atoms with E-state index in [9.17, 15) is 13.2 Å². The van der Waals surface area contributed by atoms with Gasteiger partial charge in [-0.25, -0.2) is 4.79 Å². The first-order valence-electron chi connectivity index (χ1n) is 5.06. The van der Waals surface area contributed by atoms with Crippen molar-refractivity contribution in [1.29, 1.82) is 0 Å². The van der Waals surface area contributed by atoms with E-state index in [0.717, 1.165) is 12.7 Å². The highest BCUT2D eigenvalue weighted by Crippen LogP contribution is 1.97. The monoisotopic (exact) mass is 253 g/mol. The van der Waals surface area contributed by atoms with Crippen LogP contribution in [0.3, 0.4) is 0 Å². The lowest BCUT2D eigenvalue weighted by molar-refractivity contribution is 0.0995. The Labute approximate surface area is 96.4 Å². The molecule has 0 saturated carbocycles. The lowest BCUT2D eigenvalue weighted by atomic mass is 10.3. The molecule has 7 heteroatoms. The Kier molecular flexibility index (Phi) is 6.35. The second-order valence-electron chi connectivity index (χ2n) is 3.66. The zero-order valence-electron chi connectivity index (χ0n) is 10.0.